The molecule has 0 spiro atoms. The van der Waals surface area contributed by atoms with Gasteiger partial charge in [-0.05, 0) is 26.0 Å². The fourth-order valence-corrected chi connectivity index (χ4v) is 3.90. The van der Waals surface area contributed by atoms with Crippen molar-refractivity contribution in [3.05, 3.63) is 41.2 Å². The lowest BCUT2D eigenvalue weighted by Gasteiger charge is -2.17. The van der Waals surface area contributed by atoms with Crippen LogP contribution in [0.2, 0.25) is 0 Å². The summed E-state index contributed by atoms with van der Waals surface area (Å²) in [6.07, 6.45) is -3.02. The van der Waals surface area contributed by atoms with Gasteiger partial charge in [-0.2, -0.15) is 13.2 Å². The number of thiazole rings is 1. The number of aliphatic hydroxyl groups is 1. The van der Waals surface area contributed by atoms with Gasteiger partial charge in [0.25, 0.3) is 5.91 Å². The molecule has 3 aromatic rings. The first-order valence-corrected chi connectivity index (χ1v) is 11.7. The maximum atomic E-state index is 13.3. The van der Waals surface area contributed by atoms with E-state index < -0.39 is 29.9 Å². The van der Waals surface area contributed by atoms with Crippen LogP contribution < -0.4 is 21.2 Å². The molecule has 3 rings (SSSR count). The van der Waals surface area contributed by atoms with E-state index in [1.54, 1.807) is 6.92 Å². The molecule has 3 aromatic heterocycles. The Labute approximate surface area is 213 Å². The molecule has 1 atom stereocenters. The van der Waals surface area contributed by atoms with Gasteiger partial charge in [-0.25, -0.2) is 25.6 Å². The highest BCUT2D eigenvalue weighted by Crippen LogP contribution is 2.41. The second-order valence-electron chi connectivity index (χ2n) is 7.79. The Kier molecular flexibility index (Phi) is 8.62. The number of hydrogen-bond donors (Lipinski definition) is 4. The summed E-state index contributed by atoms with van der Waals surface area (Å²) in [6, 6.07) is 2.18. The largest absolute Gasteiger partial charge is 0.474 e. The van der Waals surface area contributed by atoms with E-state index in [0.717, 1.165) is 21.7 Å². The molecule has 0 radical (unpaired) electrons. The molecule has 5 N–H and O–H groups in total. The molecular formula is C22H24F3N7O4S. The number of hydrazine groups is 1. The molecule has 0 aromatic carbocycles. The molecule has 37 heavy (non-hydrogen) atoms. The minimum Gasteiger partial charge on any atom is -0.474 e. The van der Waals surface area contributed by atoms with Crippen LogP contribution in [0.25, 0.3) is 21.7 Å². The Morgan fingerprint density at radius 1 is 1.22 bits per heavy atom. The number of aromatic nitrogens is 3. The van der Waals surface area contributed by atoms with E-state index in [9.17, 15) is 27.9 Å². The van der Waals surface area contributed by atoms with Crippen LogP contribution in [-0.4, -0.2) is 63.3 Å². The first-order chi connectivity index (χ1) is 17.4. The van der Waals surface area contributed by atoms with Crippen LogP contribution in [0.4, 0.5) is 23.8 Å². The minimum atomic E-state index is -4.67. The first kappa shape index (κ1) is 27.8. The average Bonchev–Trinajstić information content (AvgIpc) is 3.33. The number of carbonyl (C=O) groups excluding carboxylic acids is 2. The number of rotatable bonds is 8. The van der Waals surface area contributed by atoms with Gasteiger partial charge < -0.3 is 15.2 Å². The molecule has 0 aliphatic carbocycles. The van der Waals surface area contributed by atoms with Gasteiger partial charge in [0, 0.05) is 48.1 Å². The number of alkyl halides is 3. The van der Waals surface area contributed by atoms with E-state index in [2.05, 4.69) is 25.6 Å². The van der Waals surface area contributed by atoms with E-state index in [4.69, 9.17) is 10.6 Å². The number of urea groups is 1. The SMILES string of the molecule is CCNC(=O)Nc1cc(-c2nc(C(F)(F)F)cs2)c(-c2cc(C(=O)N(C)N)cnc2OC[C@@H](C)O)cn1. The van der Waals surface area contributed by atoms with E-state index in [1.807, 2.05) is 0 Å². The van der Waals surface area contributed by atoms with Crippen molar-refractivity contribution in [2.24, 2.45) is 5.84 Å². The number of nitrogens with one attached hydrogen (secondary N) is 2. The van der Waals surface area contributed by atoms with Crippen molar-refractivity contribution in [3.8, 4) is 27.6 Å². The Morgan fingerprint density at radius 2 is 1.95 bits per heavy atom. The van der Waals surface area contributed by atoms with Gasteiger partial charge in [-0.3, -0.25) is 15.1 Å². The third kappa shape index (κ3) is 6.90. The van der Waals surface area contributed by atoms with Crippen molar-refractivity contribution in [2.75, 3.05) is 25.5 Å². The van der Waals surface area contributed by atoms with Crippen LogP contribution in [0.15, 0.2) is 29.9 Å². The summed E-state index contributed by atoms with van der Waals surface area (Å²) in [6.45, 7) is 3.39. The summed E-state index contributed by atoms with van der Waals surface area (Å²) in [5.41, 5.74) is -0.464. The Balaban J connectivity index is 2.22. The zero-order valence-corrected chi connectivity index (χ0v) is 20.8. The Bertz CT molecular complexity index is 1280. The molecule has 0 saturated carbocycles. The Morgan fingerprint density at radius 3 is 2.54 bits per heavy atom. The van der Waals surface area contributed by atoms with Crippen molar-refractivity contribution in [1.29, 1.82) is 0 Å². The molecule has 3 heterocycles. The first-order valence-electron chi connectivity index (χ1n) is 10.8. The minimum absolute atomic E-state index is 0.0165. The summed E-state index contributed by atoms with van der Waals surface area (Å²) in [5, 5.41) is 16.4. The fourth-order valence-electron chi connectivity index (χ4n) is 3.04. The molecule has 0 fully saturated rings. The molecular weight excluding hydrogens is 515 g/mol. The molecule has 3 amide bonds. The summed E-state index contributed by atoms with van der Waals surface area (Å²) < 4.78 is 45.5. The van der Waals surface area contributed by atoms with Gasteiger partial charge in [0.05, 0.1) is 11.7 Å². The molecule has 0 unspecified atom stereocenters. The molecule has 11 nitrogen and oxygen atoms in total. The van der Waals surface area contributed by atoms with Gasteiger partial charge in [-0.1, -0.05) is 0 Å². The normalized spacial score (nSPS) is 12.1. The van der Waals surface area contributed by atoms with Crippen molar-refractivity contribution in [3.63, 3.8) is 0 Å². The predicted molar refractivity (Wildman–Crippen MR) is 130 cm³/mol. The number of nitrogens with zero attached hydrogens (tertiary/aromatic N) is 4. The maximum absolute atomic E-state index is 13.3. The highest BCUT2D eigenvalue weighted by atomic mass is 32.1. The average molecular weight is 540 g/mol. The molecule has 0 bridgehead atoms. The summed E-state index contributed by atoms with van der Waals surface area (Å²) in [4.78, 5) is 36.6. The highest BCUT2D eigenvalue weighted by Gasteiger charge is 2.34. The van der Waals surface area contributed by atoms with Crippen LogP contribution in [0.3, 0.4) is 0 Å². The zero-order valence-electron chi connectivity index (χ0n) is 20.0. The van der Waals surface area contributed by atoms with Crippen molar-refractivity contribution < 1.29 is 32.6 Å². The van der Waals surface area contributed by atoms with Crippen molar-refractivity contribution in [1.82, 2.24) is 25.3 Å². The molecule has 0 aliphatic heterocycles. The number of anilines is 1. The maximum Gasteiger partial charge on any atom is 0.434 e. The van der Waals surface area contributed by atoms with E-state index in [1.165, 1.54) is 38.5 Å². The zero-order chi connectivity index (χ0) is 27.3. The third-order valence-corrected chi connectivity index (χ3v) is 5.55. The van der Waals surface area contributed by atoms with Crippen LogP contribution in [0.5, 0.6) is 5.88 Å². The quantitative estimate of drug-likeness (QED) is 0.193. The predicted octanol–water partition coefficient (Wildman–Crippen LogP) is 3.13. The van der Waals surface area contributed by atoms with Gasteiger partial charge in [0.1, 0.15) is 17.4 Å². The van der Waals surface area contributed by atoms with Gasteiger partial charge in [0.2, 0.25) is 5.88 Å². The van der Waals surface area contributed by atoms with E-state index >= 15 is 0 Å². The van der Waals surface area contributed by atoms with Crippen molar-refractivity contribution >= 4 is 29.1 Å². The van der Waals surface area contributed by atoms with Gasteiger partial charge >= 0.3 is 12.2 Å². The van der Waals surface area contributed by atoms with Crippen LogP contribution >= 0.6 is 11.3 Å². The highest BCUT2D eigenvalue weighted by molar-refractivity contribution is 7.13. The topological polar surface area (TPSA) is 156 Å². The summed E-state index contributed by atoms with van der Waals surface area (Å²) >= 11 is 0.732. The van der Waals surface area contributed by atoms with E-state index in [-0.39, 0.29) is 45.6 Å². The van der Waals surface area contributed by atoms with Gasteiger partial charge in [0.15, 0.2) is 5.69 Å². The fraction of sp³-hybridized carbons (Fsp3) is 0.318. The number of amides is 3. The molecule has 0 aliphatic rings. The van der Waals surface area contributed by atoms with Crippen LogP contribution in [0, 0.1) is 0 Å². The number of aliphatic hydroxyl groups excluding tert-OH is 1. The van der Waals surface area contributed by atoms with Crippen LogP contribution in [0.1, 0.15) is 29.9 Å². The number of nitrogens with two attached hydrogens (primary N) is 1. The standard InChI is InChI=1S/C22H24F3N7O4S/c1-4-27-21(35)31-17-6-14(19-30-16(10-37-19)22(23,24)25)15(8-28-17)13-5-12(20(34)32(3)26)7-29-18(13)36-9-11(2)33/h5-8,10-11,33H,4,9,26H2,1-3H3,(H2,27,28,31,35)/t11-/m1/s1. The second-order valence-corrected chi connectivity index (χ2v) is 8.65. The lowest BCUT2D eigenvalue weighted by Crippen LogP contribution is -2.33. The van der Waals surface area contributed by atoms with Gasteiger partial charge in [-0.15, -0.1) is 11.3 Å². The molecule has 0 saturated heterocycles. The monoisotopic (exact) mass is 539 g/mol. The van der Waals surface area contributed by atoms with E-state index in [0.29, 0.717) is 6.54 Å². The smallest absolute Gasteiger partial charge is 0.434 e. The number of carbonyl (C=O) groups is 2. The Hall–Kier alpha value is -3.82. The number of halogens is 3. The number of hydrogen-bond acceptors (Lipinski definition) is 9. The summed E-state index contributed by atoms with van der Waals surface area (Å²) in [7, 11) is 1.34. The molecule has 15 heteroatoms. The summed E-state index contributed by atoms with van der Waals surface area (Å²) in [5.74, 6) is 5.00. The van der Waals surface area contributed by atoms with Crippen molar-refractivity contribution in [2.45, 2.75) is 26.1 Å². The van der Waals surface area contributed by atoms with Crippen LogP contribution in [-0.2, 0) is 6.18 Å². The lowest BCUT2D eigenvalue weighted by molar-refractivity contribution is -0.140. The second kappa shape index (κ2) is 11.5. The number of ether oxygens (including phenoxy) is 1. The lowest BCUT2D eigenvalue weighted by atomic mass is 10.0. The number of pyridine rings is 2. The third-order valence-electron chi connectivity index (χ3n) is 4.68. The molecule has 198 valence electrons.